The molecule has 0 bridgehead atoms. The molecule has 0 heterocycles. The maximum atomic E-state index is 12.0. The van der Waals surface area contributed by atoms with Crippen LogP contribution in [0, 0.1) is 0 Å². The highest BCUT2D eigenvalue weighted by Gasteiger charge is 2.12. The molecule has 1 amide bonds. The molecule has 25 heavy (non-hydrogen) atoms. The van der Waals surface area contributed by atoms with Gasteiger partial charge in [0.25, 0.3) is 0 Å². The average Bonchev–Trinajstić information content (AvgIpc) is 2.59. The van der Waals surface area contributed by atoms with Crippen LogP contribution >= 0.6 is 23.2 Å². The molecule has 2 N–H and O–H groups in total. The van der Waals surface area contributed by atoms with E-state index in [1.165, 1.54) is 12.1 Å². The molecule has 0 aliphatic heterocycles. The van der Waals surface area contributed by atoms with Gasteiger partial charge in [-0.3, -0.25) is 4.79 Å². The minimum absolute atomic E-state index is 0.116. The number of nitrogens with one attached hydrogen (secondary N) is 2. The van der Waals surface area contributed by atoms with Crippen LogP contribution in [0.2, 0.25) is 10.0 Å². The fourth-order valence-corrected chi connectivity index (χ4v) is 3.69. The molecule has 0 saturated carbocycles. The van der Waals surface area contributed by atoms with Gasteiger partial charge in [-0.1, -0.05) is 47.5 Å². The molecule has 0 saturated heterocycles. The molecule has 8 heteroatoms. The van der Waals surface area contributed by atoms with Gasteiger partial charge in [-0.15, -0.1) is 0 Å². The summed E-state index contributed by atoms with van der Waals surface area (Å²) < 4.78 is 26.4. The highest BCUT2D eigenvalue weighted by atomic mass is 35.5. The van der Waals surface area contributed by atoms with Gasteiger partial charge in [-0.25, -0.2) is 13.1 Å². The number of hydrogen-bond acceptors (Lipinski definition) is 3. The van der Waals surface area contributed by atoms with Crippen molar-refractivity contribution in [2.45, 2.75) is 17.7 Å². The number of aryl methyl sites for hydroxylation is 1. The van der Waals surface area contributed by atoms with Crippen molar-refractivity contribution in [2.24, 2.45) is 0 Å². The Bertz CT molecular complexity index is 827. The SMILES string of the molecule is O=C(CCc1ccc(Cl)cc1Cl)NCCNS(=O)(=O)c1ccccc1. The third kappa shape index (κ3) is 6.32. The maximum absolute atomic E-state index is 12.0. The monoisotopic (exact) mass is 400 g/mol. The van der Waals surface area contributed by atoms with Crippen molar-refractivity contribution in [1.82, 2.24) is 10.0 Å². The van der Waals surface area contributed by atoms with Crippen LogP contribution in [0.25, 0.3) is 0 Å². The predicted octanol–water partition coefficient (Wildman–Crippen LogP) is 3.02. The number of rotatable bonds is 8. The third-order valence-corrected chi connectivity index (χ3v) is 5.49. The van der Waals surface area contributed by atoms with E-state index in [-0.39, 0.29) is 30.3 Å². The number of hydrogen-bond donors (Lipinski definition) is 2. The Kier molecular flexibility index (Phi) is 7.25. The van der Waals surface area contributed by atoms with Gasteiger partial charge in [0.05, 0.1) is 4.90 Å². The van der Waals surface area contributed by atoms with Crippen LogP contribution in [-0.4, -0.2) is 27.4 Å². The van der Waals surface area contributed by atoms with Crippen LogP contribution in [0.15, 0.2) is 53.4 Å². The molecule has 0 radical (unpaired) electrons. The van der Waals surface area contributed by atoms with E-state index in [9.17, 15) is 13.2 Å². The quantitative estimate of drug-likeness (QED) is 0.668. The van der Waals surface area contributed by atoms with E-state index in [1.807, 2.05) is 0 Å². The molecule has 0 aromatic heterocycles. The lowest BCUT2D eigenvalue weighted by Crippen LogP contribution is -2.34. The second-order valence-corrected chi connectivity index (χ2v) is 7.91. The van der Waals surface area contributed by atoms with Gasteiger partial charge in [0.1, 0.15) is 0 Å². The van der Waals surface area contributed by atoms with Crippen molar-refractivity contribution < 1.29 is 13.2 Å². The molecule has 0 unspecified atom stereocenters. The Labute approximate surface area is 157 Å². The molecule has 0 aliphatic rings. The number of benzene rings is 2. The normalized spacial score (nSPS) is 11.3. The summed E-state index contributed by atoms with van der Waals surface area (Å²) in [4.78, 5) is 12.0. The fourth-order valence-electron chi connectivity index (χ4n) is 2.13. The molecule has 0 spiro atoms. The van der Waals surface area contributed by atoms with E-state index in [0.29, 0.717) is 16.5 Å². The zero-order valence-electron chi connectivity index (χ0n) is 13.3. The topological polar surface area (TPSA) is 75.3 Å². The van der Waals surface area contributed by atoms with Gasteiger partial charge in [0.15, 0.2) is 0 Å². The number of amides is 1. The molecule has 2 aromatic rings. The highest BCUT2D eigenvalue weighted by Crippen LogP contribution is 2.21. The van der Waals surface area contributed by atoms with Crippen molar-refractivity contribution in [1.29, 1.82) is 0 Å². The van der Waals surface area contributed by atoms with Gasteiger partial charge in [-0.05, 0) is 36.2 Å². The average molecular weight is 401 g/mol. The van der Waals surface area contributed by atoms with Crippen LogP contribution in [0.3, 0.4) is 0 Å². The summed E-state index contributed by atoms with van der Waals surface area (Å²) >= 11 is 11.9. The molecule has 2 rings (SSSR count). The Hall–Kier alpha value is -1.60. The summed E-state index contributed by atoms with van der Waals surface area (Å²) in [7, 11) is -3.55. The maximum Gasteiger partial charge on any atom is 0.240 e. The smallest absolute Gasteiger partial charge is 0.240 e. The number of carbonyl (C=O) groups excluding carboxylic acids is 1. The van der Waals surface area contributed by atoms with E-state index in [1.54, 1.807) is 36.4 Å². The molecule has 0 aliphatic carbocycles. The van der Waals surface area contributed by atoms with Gasteiger partial charge in [-0.2, -0.15) is 0 Å². The lowest BCUT2D eigenvalue weighted by molar-refractivity contribution is -0.121. The Morgan fingerprint density at radius 3 is 2.40 bits per heavy atom. The predicted molar refractivity (Wildman–Crippen MR) is 99.4 cm³/mol. The first-order chi connectivity index (χ1) is 11.9. The Morgan fingerprint density at radius 2 is 1.72 bits per heavy atom. The van der Waals surface area contributed by atoms with E-state index >= 15 is 0 Å². The second kappa shape index (κ2) is 9.20. The number of halogens is 2. The summed E-state index contributed by atoms with van der Waals surface area (Å²) in [6, 6.07) is 13.2. The molecule has 5 nitrogen and oxygen atoms in total. The Balaban J connectivity index is 1.72. The summed E-state index contributed by atoms with van der Waals surface area (Å²) in [5.41, 5.74) is 0.839. The minimum Gasteiger partial charge on any atom is -0.355 e. The first-order valence-corrected chi connectivity index (χ1v) is 9.88. The number of sulfonamides is 1. The van der Waals surface area contributed by atoms with Crippen molar-refractivity contribution in [3.8, 4) is 0 Å². The molecule has 2 aromatic carbocycles. The highest BCUT2D eigenvalue weighted by molar-refractivity contribution is 7.89. The zero-order valence-corrected chi connectivity index (χ0v) is 15.7. The summed E-state index contributed by atoms with van der Waals surface area (Å²) in [6.45, 7) is 0.323. The molecular formula is C17H18Cl2N2O3S. The van der Waals surface area contributed by atoms with E-state index in [4.69, 9.17) is 23.2 Å². The van der Waals surface area contributed by atoms with Crippen molar-refractivity contribution in [3.05, 3.63) is 64.1 Å². The van der Waals surface area contributed by atoms with Crippen LogP contribution < -0.4 is 10.0 Å². The number of carbonyl (C=O) groups is 1. The molecule has 0 fully saturated rings. The van der Waals surface area contributed by atoms with Gasteiger partial charge < -0.3 is 5.32 Å². The van der Waals surface area contributed by atoms with Gasteiger partial charge in [0, 0.05) is 29.6 Å². The van der Waals surface area contributed by atoms with Crippen LogP contribution in [-0.2, 0) is 21.2 Å². The Morgan fingerprint density at radius 1 is 1.00 bits per heavy atom. The molecule has 134 valence electrons. The van der Waals surface area contributed by atoms with Crippen molar-refractivity contribution in [3.63, 3.8) is 0 Å². The van der Waals surface area contributed by atoms with E-state index in [2.05, 4.69) is 10.0 Å². The van der Waals surface area contributed by atoms with Crippen molar-refractivity contribution in [2.75, 3.05) is 13.1 Å². The largest absolute Gasteiger partial charge is 0.355 e. The first kappa shape index (κ1) is 19.7. The molecule has 0 atom stereocenters. The summed E-state index contributed by atoms with van der Waals surface area (Å²) in [5.74, 6) is -0.176. The lowest BCUT2D eigenvalue weighted by atomic mass is 10.1. The summed E-state index contributed by atoms with van der Waals surface area (Å²) in [5, 5.41) is 3.74. The fraction of sp³-hybridized carbons (Fsp3) is 0.235. The first-order valence-electron chi connectivity index (χ1n) is 7.64. The summed E-state index contributed by atoms with van der Waals surface area (Å²) in [6.07, 6.45) is 0.740. The lowest BCUT2D eigenvalue weighted by Gasteiger charge is -2.08. The van der Waals surface area contributed by atoms with Crippen molar-refractivity contribution >= 4 is 39.1 Å². The van der Waals surface area contributed by atoms with E-state index in [0.717, 1.165) is 5.56 Å². The second-order valence-electron chi connectivity index (χ2n) is 5.30. The van der Waals surface area contributed by atoms with Crippen LogP contribution in [0.1, 0.15) is 12.0 Å². The molecular weight excluding hydrogens is 383 g/mol. The van der Waals surface area contributed by atoms with Gasteiger partial charge >= 0.3 is 0 Å². The third-order valence-electron chi connectivity index (χ3n) is 3.43. The van der Waals surface area contributed by atoms with E-state index < -0.39 is 10.0 Å². The standard InChI is InChI=1S/C17H18Cl2N2O3S/c18-14-8-6-13(16(19)12-14)7-9-17(22)20-10-11-21-25(23,24)15-4-2-1-3-5-15/h1-6,8,12,21H,7,9-11H2,(H,20,22). The van der Waals surface area contributed by atoms with Crippen LogP contribution in [0.4, 0.5) is 0 Å². The van der Waals surface area contributed by atoms with Crippen LogP contribution in [0.5, 0.6) is 0 Å². The minimum atomic E-state index is -3.55. The zero-order chi connectivity index (χ0) is 18.3. The van der Waals surface area contributed by atoms with Gasteiger partial charge in [0.2, 0.25) is 15.9 Å².